The smallest absolute Gasteiger partial charge is 0.271 e. The third kappa shape index (κ3) is 3.19. The van der Waals surface area contributed by atoms with E-state index in [2.05, 4.69) is 21.7 Å². The van der Waals surface area contributed by atoms with Crippen molar-refractivity contribution >= 4 is 23.0 Å². The van der Waals surface area contributed by atoms with Crippen LogP contribution in [0.2, 0.25) is 5.02 Å². The van der Waals surface area contributed by atoms with Crippen LogP contribution in [0.15, 0.2) is 12.1 Å². The van der Waals surface area contributed by atoms with Crippen molar-refractivity contribution in [1.82, 2.24) is 9.80 Å². The molecule has 1 aromatic rings. The highest BCUT2D eigenvalue weighted by atomic mass is 35.5. The second-order valence-electron chi connectivity index (χ2n) is 8.05. The molecule has 0 saturated carbocycles. The Morgan fingerprint density at radius 1 is 1.08 bits per heavy atom. The SMILES string of the molecule is Cc1cc([N+](=O)[O-])cc(Cl)c1N1CCN(C2CC3CCC(C2)N3C)CC1. The average Bonchev–Trinajstić information content (AvgIpc) is 2.82. The van der Waals surface area contributed by atoms with Crippen LogP contribution in [-0.4, -0.2) is 66.1 Å². The quantitative estimate of drug-likeness (QED) is 0.596. The lowest BCUT2D eigenvalue weighted by Gasteiger charge is -2.45. The highest BCUT2D eigenvalue weighted by Gasteiger charge is 2.40. The number of fused-ring (bicyclic) bond motifs is 2. The van der Waals surface area contributed by atoms with E-state index in [0.717, 1.165) is 49.5 Å². The molecule has 2 unspecified atom stereocenters. The first-order chi connectivity index (χ1) is 12.4. The van der Waals surface area contributed by atoms with Crippen LogP contribution < -0.4 is 4.90 Å². The zero-order chi connectivity index (χ0) is 18.4. The van der Waals surface area contributed by atoms with Gasteiger partial charge in [0.25, 0.3) is 5.69 Å². The summed E-state index contributed by atoms with van der Waals surface area (Å²) in [5, 5.41) is 11.5. The number of rotatable bonds is 3. The Balaban J connectivity index is 1.42. The van der Waals surface area contributed by atoms with Gasteiger partial charge in [0.1, 0.15) is 0 Å². The second-order valence-corrected chi connectivity index (χ2v) is 8.46. The van der Waals surface area contributed by atoms with Gasteiger partial charge < -0.3 is 9.80 Å². The Hall–Kier alpha value is -1.37. The molecule has 142 valence electrons. The number of halogens is 1. The molecule has 1 aromatic carbocycles. The van der Waals surface area contributed by atoms with Gasteiger partial charge in [-0.1, -0.05) is 11.6 Å². The number of anilines is 1. The summed E-state index contributed by atoms with van der Waals surface area (Å²) in [6.07, 6.45) is 5.30. The molecule has 0 radical (unpaired) electrons. The Bertz CT molecular complexity index is 668. The standard InChI is InChI=1S/C19H27ClN4O2/c1-13-9-17(24(25)26)12-18(20)19(13)23-7-5-22(6-8-23)16-10-14-3-4-15(11-16)21(14)2/h9,12,14-16H,3-8,10-11H2,1-2H3. The fraction of sp³-hybridized carbons (Fsp3) is 0.684. The summed E-state index contributed by atoms with van der Waals surface area (Å²) in [6.45, 7) is 5.86. The van der Waals surface area contributed by atoms with E-state index in [1.807, 2.05) is 6.92 Å². The van der Waals surface area contributed by atoms with Crippen LogP contribution in [0.1, 0.15) is 31.2 Å². The summed E-state index contributed by atoms with van der Waals surface area (Å²) < 4.78 is 0. The van der Waals surface area contributed by atoms with Gasteiger partial charge in [0.05, 0.1) is 15.6 Å². The van der Waals surface area contributed by atoms with Gasteiger partial charge in [-0.05, 0) is 45.2 Å². The molecular formula is C19H27ClN4O2. The van der Waals surface area contributed by atoms with Crippen LogP contribution in [-0.2, 0) is 0 Å². The molecule has 6 nitrogen and oxygen atoms in total. The van der Waals surface area contributed by atoms with Crippen molar-refractivity contribution in [2.75, 3.05) is 38.1 Å². The summed E-state index contributed by atoms with van der Waals surface area (Å²) in [5.41, 5.74) is 1.91. The zero-order valence-corrected chi connectivity index (χ0v) is 16.3. The first-order valence-corrected chi connectivity index (χ1v) is 9.97. The van der Waals surface area contributed by atoms with E-state index < -0.39 is 0 Å². The lowest BCUT2D eigenvalue weighted by atomic mass is 9.96. The molecule has 3 aliphatic heterocycles. The first-order valence-electron chi connectivity index (χ1n) is 9.59. The van der Waals surface area contributed by atoms with Gasteiger partial charge in [0, 0.05) is 56.4 Å². The van der Waals surface area contributed by atoms with Crippen molar-refractivity contribution in [3.63, 3.8) is 0 Å². The number of piperidine rings is 1. The maximum absolute atomic E-state index is 11.0. The number of piperazine rings is 1. The van der Waals surface area contributed by atoms with E-state index in [4.69, 9.17) is 11.6 Å². The van der Waals surface area contributed by atoms with E-state index in [-0.39, 0.29) is 10.6 Å². The van der Waals surface area contributed by atoms with Gasteiger partial charge in [0.2, 0.25) is 0 Å². The van der Waals surface area contributed by atoms with E-state index in [0.29, 0.717) is 11.1 Å². The van der Waals surface area contributed by atoms with Crippen LogP contribution in [0.4, 0.5) is 11.4 Å². The van der Waals surface area contributed by atoms with Gasteiger partial charge in [-0.15, -0.1) is 0 Å². The number of hydrogen-bond acceptors (Lipinski definition) is 5. The molecule has 0 amide bonds. The second kappa shape index (κ2) is 6.98. The van der Waals surface area contributed by atoms with Crippen molar-refractivity contribution in [3.05, 3.63) is 32.8 Å². The molecule has 2 atom stereocenters. The molecule has 0 N–H and O–H groups in total. The first kappa shape index (κ1) is 18.0. The lowest BCUT2D eigenvalue weighted by molar-refractivity contribution is -0.384. The minimum atomic E-state index is -0.380. The summed E-state index contributed by atoms with van der Waals surface area (Å²) in [4.78, 5) is 18.2. The van der Waals surface area contributed by atoms with Gasteiger partial charge in [-0.25, -0.2) is 0 Å². The third-order valence-electron chi connectivity index (χ3n) is 6.67. The molecule has 3 saturated heterocycles. The Labute approximate surface area is 159 Å². The molecule has 26 heavy (non-hydrogen) atoms. The van der Waals surface area contributed by atoms with Crippen LogP contribution >= 0.6 is 11.6 Å². The van der Waals surface area contributed by atoms with E-state index in [9.17, 15) is 10.1 Å². The molecule has 2 bridgehead atoms. The van der Waals surface area contributed by atoms with Gasteiger partial charge >= 0.3 is 0 Å². The van der Waals surface area contributed by atoms with Crippen LogP contribution in [0.5, 0.6) is 0 Å². The van der Waals surface area contributed by atoms with Gasteiger partial charge in [-0.3, -0.25) is 15.0 Å². The fourth-order valence-electron chi connectivity index (χ4n) is 5.22. The van der Waals surface area contributed by atoms with Crippen LogP contribution in [0, 0.1) is 17.0 Å². The van der Waals surface area contributed by atoms with Gasteiger partial charge in [-0.2, -0.15) is 0 Å². The third-order valence-corrected chi connectivity index (χ3v) is 6.96. The van der Waals surface area contributed by atoms with Crippen molar-refractivity contribution in [2.45, 2.75) is 50.7 Å². The molecule has 3 aliphatic rings. The average molecular weight is 379 g/mol. The summed E-state index contributed by atoms with van der Waals surface area (Å²) in [5.74, 6) is 0. The van der Waals surface area contributed by atoms with Gasteiger partial charge in [0.15, 0.2) is 0 Å². The maximum Gasteiger partial charge on any atom is 0.271 e. The number of nitro groups is 1. The normalized spacial score (nSPS) is 30.0. The van der Waals surface area contributed by atoms with E-state index in [1.165, 1.54) is 31.7 Å². The van der Waals surface area contributed by atoms with Crippen LogP contribution in [0.3, 0.4) is 0 Å². The molecule has 3 fully saturated rings. The summed E-state index contributed by atoms with van der Waals surface area (Å²) >= 11 is 6.39. The predicted octanol–water partition coefficient (Wildman–Crippen LogP) is 3.30. The lowest BCUT2D eigenvalue weighted by Crippen LogP contribution is -2.55. The molecule has 0 spiro atoms. The zero-order valence-electron chi connectivity index (χ0n) is 15.5. The van der Waals surface area contributed by atoms with E-state index in [1.54, 1.807) is 6.07 Å². The summed E-state index contributed by atoms with van der Waals surface area (Å²) in [6, 6.07) is 5.35. The number of hydrogen-bond donors (Lipinski definition) is 0. The van der Waals surface area contributed by atoms with Crippen molar-refractivity contribution in [1.29, 1.82) is 0 Å². The maximum atomic E-state index is 11.0. The number of nitrogens with zero attached hydrogens (tertiary/aromatic N) is 4. The highest BCUT2D eigenvalue weighted by molar-refractivity contribution is 6.33. The predicted molar refractivity (Wildman–Crippen MR) is 104 cm³/mol. The Morgan fingerprint density at radius 3 is 2.23 bits per heavy atom. The monoisotopic (exact) mass is 378 g/mol. The van der Waals surface area contributed by atoms with Crippen molar-refractivity contribution in [2.24, 2.45) is 0 Å². The minimum Gasteiger partial charge on any atom is -0.368 e. The number of aryl methyl sites for hydroxylation is 1. The van der Waals surface area contributed by atoms with Crippen molar-refractivity contribution in [3.8, 4) is 0 Å². The Morgan fingerprint density at radius 2 is 1.69 bits per heavy atom. The number of nitro benzene ring substituents is 1. The summed E-state index contributed by atoms with van der Waals surface area (Å²) in [7, 11) is 2.29. The topological polar surface area (TPSA) is 52.9 Å². The molecule has 4 rings (SSSR count). The largest absolute Gasteiger partial charge is 0.368 e. The van der Waals surface area contributed by atoms with Crippen LogP contribution in [0.25, 0.3) is 0 Å². The molecule has 0 aliphatic carbocycles. The number of benzene rings is 1. The molecule has 0 aromatic heterocycles. The molecule has 7 heteroatoms. The van der Waals surface area contributed by atoms with E-state index >= 15 is 0 Å². The van der Waals surface area contributed by atoms with Crippen molar-refractivity contribution < 1.29 is 4.92 Å². The fourth-order valence-corrected chi connectivity index (χ4v) is 5.60. The number of non-ortho nitro benzene ring substituents is 1. The molecular weight excluding hydrogens is 352 g/mol. The minimum absolute atomic E-state index is 0.0664. The molecule has 3 heterocycles. The Kier molecular flexibility index (Phi) is 4.84. The highest BCUT2D eigenvalue weighted by Crippen LogP contribution is 2.38.